The molecular weight excluding hydrogens is 516 g/mol. The molecule has 0 amide bonds. The highest BCUT2D eigenvalue weighted by Gasteiger charge is 2.17. The van der Waals surface area contributed by atoms with E-state index < -0.39 is 0 Å². The van der Waals surface area contributed by atoms with Gasteiger partial charge in [0.2, 0.25) is 0 Å². The lowest BCUT2D eigenvalue weighted by Crippen LogP contribution is -2.45. The maximum Gasteiger partial charge on any atom is 0.185 e. The first-order valence-electron chi connectivity index (χ1n) is 14.0. The van der Waals surface area contributed by atoms with Crippen LogP contribution < -0.4 is 4.74 Å². The number of nitrogens with zero attached hydrogens (tertiary/aromatic N) is 7. The summed E-state index contributed by atoms with van der Waals surface area (Å²) in [5, 5.41) is 5.63. The van der Waals surface area contributed by atoms with Gasteiger partial charge in [-0.05, 0) is 42.4 Å². The third-order valence-corrected chi connectivity index (χ3v) is 7.99. The predicted molar refractivity (Wildman–Crippen MR) is 158 cm³/mol. The highest BCUT2D eigenvalue weighted by molar-refractivity contribution is 5.99. The van der Waals surface area contributed by atoms with Crippen LogP contribution in [0.4, 0.5) is 0 Å². The van der Waals surface area contributed by atoms with E-state index in [1.165, 1.54) is 0 Å². The molecule has 208 valence electrons. The van der Waals surface area contributed by atoms with Crippen molar-refractivity contribution in [3.8, 4) is 5.75 Å². The summed E-state index contributed by atoms with van der Waals surface area (Å²) in [6, 6.07) is 16.0. The number of hydrogen-bond acceptors (Lipinski definition) is 7. The molecule has 1 aliphatic heterocycles. The molecule has 6 aromatic rings. The van der Waals surface area contributed by atoms with Crippen molar-refractivity contribution < 1.29 is 9.53 Å². The number of nitrogens with one attached hydrogen (secondary N) is 1. The van der Waals surface area contributed by atoms with Gasteiger partial charge in [-0.15, -0.1) is 0 Å². The molecule has 1 fully saturated rings. The Morgan fingerprint density at radius 3 is 2.83 bits per heavy atom. The molecule has 2 aromatic carbocycles. The number of pyridine rings is 1. The number of rotatable bonds is 9. The molecule has 1 aliphatic rings. The van der Waals surface area contributed by atoms with Crippen LogP contribution in [0.1, 0.15) is 21.6 Å². The highest BCUT2D eigenvalue weighted by Crippen LogP contribution is 2.23. The molecule has 41 heavy (non-hydrogen) atoms. The summed E-state index contributed by atoms with van der Waals surface area (Å²) in [6.45, 7) is 6.49. The molecule has 0 saturated carbocycles. The summed E-state index contributed by atoms with van der Waals surface area (Å²) in [7, 11) is 2.16. The van der Waals surface area contributed by atoms with Crippen LogP contribution >= 0.6 is 0 Å². The van der Waals surface area contributed by atoms with Crippen LogP contribution in [0.3, 0.4) is 0 Å². The molecule has 0 aliphatic carbocycles. The van der Waals surface area contributed by atoms with Gasteiger partial charge in [-0.1, -0.05) is 18.2 Å². The van der Waals surface area contributed by atoms with Crippen molar-refractivity contribution in [3.63, 3.8) is 0 Å². The van der Waals surface area contributed by atoms with E-state index in [1.807, 2.05) is 57.9 Å². The lowest BCUT2D eigenvalue weighted by Gasteiger charge is -2.32. The fourth-order valence-electron chi connectivity index (χ4n) is 5.58. The van der Waals surface area contributed by atoms with Gasteiger partial charge >= 0.3 is 0 Å². The first-order valence-corrected chi connectivity index (χ1v) is 14.0. The fourth-order valence-corrected chi connectivity index (χ4v) is 5.58. The van der Waals surface area contributed by atoms with Crippen LogP contribution in [0, 0.1) is 0 Å². The third-order valence-electron chi connectivity index (χ3n) is 7.99. The first-order chi connectivity index (χ1) is 20.1. The van der Waals surface area contributed by atoms with Gasteiger partial charge in [-0.25, -0.2) is 9.97 Å². The van der Waals surface area contributed by atoms with Gasteiger partial charge in [-0.3, -0.25) is 18.8 Å². The summed E-state index contributed by atoms with van der Waals surface area (Å²) < 4.78 is 9.82. The molecule has 1 N–H and O–H groups in total. The maximum atomic E-state index is 13.4. The van der Waals surface area contributed by atoms with Gasteiger partial charge in [0.15, 0.2) is 5.78 Å². The van der Waals surface area contributed by atoms with Crippen molar-refractivity contribution in [2.24, 2.45) is 0 Å². The van der Waals surface area contributed by atoms with E-state index in [9.17, 15) is 4.79 Å². The van der Waals surface area contributed by atoms with Crippen molar-refractivity contribution >= 4 is 33.4 Å². The number of carbonyl (C=O) groups is 1. The molecule has 0 bridgehead atoms. The van der Waals surface area contributed by atoms with Gasteiger partial charge in [0.1, 0.15) is 23.7 Å². The van der Waals surface area contributed by atoms with E-state index in [2.05, 4.69) is 49.0 Å². The largest absolute Gasteiger partial charge is 0.492 e. The molecule has 0 atom stereocenters. The lowest BCUT2D eigenvalue weighted by molar-refractivity contribution is 0.0987. The van der Waals surface area contributed by atoms with Crippen LogP contribution in [0.5, 0.6) is 5.75 Å². The molecule has 10 nitrogen and oxygen atoms in total. The van der Waals surface area contributed by atoms with Gasteiger partial charge in [0, 0.05) is 56.8 Å². The van der Waals surface area contributed by atoms with Crippen LogP contribution in [-0.2, 0) is 13.0 Å². The number of hydrogen-bond donors (Lipinski definition) is 1. The third kappa shape index (κ3) is 5.19. The number of H-pyrrole nitrogens is 1. The van der Waals surface area contributed by atoms with Crippen molar-refractivity contribution in [3.05, 3.63) is 90.3 Å². The van der Waals surface area contributed by atoms with E-state index in [0.29, 0.717) is 24.5 Å². The molecule has 10 heteroatoms. The second-order valence-corrected chi connectivity index (χ2v) is 10.7. The molecule has 4 aromatic heterocycles. The molecule has 0 radical (unpaired) electrons. The molecule has 0 spiro atoms. The standard InChI is InChI=1S/C31H32N8O2/c1-36-9-11-37(12-10-36)13-14-41-24-7-8-38-29(19-32-31(38)17-24)30(40)16-23-3-2-4-28-25(23)18-35-39(28)20-22-5-6-26-27(15-22)34-21-33-26/h2-8,15,17-19,21H,9-14,16,20H2,1H3,(H,33,34). The van der Waals surface area contributed by atoms with Gasteiger partial charge in [0.25, 0.3) is 0 Å². The Balaban J connectivity index is 1.04. The summed E-state index contributed by atoms with van der Waals surface area (Å²) in [4.78, 5) is 30.2. The quantitative estimate of drug-likeness (QED) is 0.276. The van der Waals surface area contributed by atoms with Crippen LogP contribution in [0.2, 0.25) is 0 Å². The number of aromatic amines is 1. The number of benzene rings is 2. The minimum atomic E-state index is 0.00572. The second-order valence-electron chi connectivity index (χ2n) is 10.7. The highest BCUT2D eigenvalue weighted by atomic mass is 16.5. The summed E-state index contributed by atoms with van der Waals surface area (Å²) in [6.07, 6.45) is 7.35. The van der Waals surface area contributed by atoms with Crippen LogP contribution in [0.25, 0.3) is 27.6 Å². The zero-order chi connectivity index (χ0) is 27.8. The maximum absolute atomic E-state index is 13.4. The van der Waals surface area contributed by atoms with Crippen molar-refractivity contribution in [2.75, 3.05) is 46.4 Å². The normalized spacial score (nSPS) is 14.9. The van der Waals surface area contributed by atoms with Crippen molar-refractivity contribution in [2.45, 2.75) is 13.0 Å². The number of ketones is 1. The summed E-state index contributed by atoms with van der Waals surface area (Å²) >= 11 is 0. The zero-order valence-corrected chi connectivity index (χ0v) is 23.0. The Kier molecular flexibility index (Phi) is 6.69. The summed E-state index contributed by atoms with van der Waals surface area (Å²) in [5.41, 5.74) is 6.27. The molecule has 1 saturated heterocycles. The average molecular weight is 549 g/mol. The first kappa shape index (κ1) is 25.4. The summed E-state index contributed by atoms with van der Waals surface area (Å²) in [5.74, 6) is 0.770. The number of likely N-dealkylation sites (N-methyl/N-ethyl adjacent to an activating group) is 1. The number of fused-ring (bicyclic) bond motifs is 3. The minimum absolute atomic E-state index is 0.00572. The van der Waals surface area contributed by atoms with E-state index in [-0.39, 0.29) is 12.2 Å². The average Bonchev–Trinajstić information content (AvgIpc) is 3.73. The molecule has 0 unspecified atom stereocenters. The minimum Gasteiger partial charge on any atom is -0.492 e. The van der Waals surface area contributed by atoms with Crippen molar-refractivity contribution in [1.82, 2.24) is 38.9 Å². The Hall–Kier alpha value is -4.54. The Morgan fingerprint density at radius 2 is 1.93 bits per heavy atom. The molecule has 7 rings (SSSR count). The van der Waals surface area contributed by atoms with E-state index in [1.54, 1.807) is 12.5 Å². The Morgan fingerprint density at radius 1 is 1.02 bits per heavy atom. The van der Waals surface area contributed by atoms with Gasteiger partial charge < -0.3 is 14.6 Å². The monoisotopic (exact) mass is 548 g/mol. The number of imidazole rings is 2. The van der Waals surface area contributed by atoms with E-state index in [4.69, 9.17) is 4.74 Å². The second kappa shape index (κ2) is 10.8. The van der Waals surface area contributed by atoms with E-state index in [0.717, 1.165) is 71.5 Å². The van der Waals surface area contributed by atoms with Crippen molar-refractivity contribution in [1.29, 1.82) is 0 Å². The number of ether oxygens (including phenoxy) is 1. The fraction of sp³-hybridized carbons (Fsp3) is 0.290. The number of piperazine rings is 1. The topological polar surface area (TPSA) is 96.6 Å². The number of aromatic nitrogens is 6. The van der Waals surface area contributed by atoms with Crippen LogP contribution in [0.15, 0.2) is 73.4 Å². The van der Waals surface area contributed by atoms with Gasteiger partial charge in [-0.2, -0.15) is 5.10 Å². The number of Topliss-reactive ketones (excluding diaryl/α,β-unsaturated/α-hetero) is 1. The van der Waals surface area contributed by atoms with E-state index >= 15 is 0 Å². The lowest BCUT2D eigenvalue weighted by atomic mass is 10.0. The van der Waals surface area contributed by atoms with Crippen LogP contribution in [-0.4, -0.2) is 91.1 Å². The zero-order valence-electron chi connectivity index (χ0n) is 23.0. The predicted octanol–water partition coefficient (Wildman–Crippen LogP) is 3.66. The Labute approximate surface area is 237 Å². The smallest absolute Gasteiger partial charge is 0.185 e. The Bertz CT molecular complexity index is 1840. The molecular formula is C31H32N8O2. The van der Waals surface area contributed by atoms with Gasteiger partial charge in [0.05, 0.1) is 41.8 Å². The number of carbonyl (C=O) groups excluding carboxylic acids is 1. The SMILES string of the molecule is CN1CCN(CCOc2ccn3c(C(=O)Cc4cccc5c4cnn5Cc4ccc5nc[nH]c5c4)cnc3c2)CC1. The molecule has 5 heterocycles.